The normalized spacial score (nSPS) is 16.5. The molecule has 0 amide bonds. The predicted molar refractivity (Wildman–Crippen MR) is 97.3 cm³/mol. The lowest BCUT2D eigenvalue weighted by Gasteiger charge is -2.36. The molecule has 1 fully saturated rings. The Morgan fingerprint density at radius 3 is 2.57 bits per heavy atom. The van der Waals surface area contributed by atoms with Crippen LogP contribution in [0.1, 0.15) is 30.0 Å². The molecule has 1 heterocycles. The SMILES string of the molecule is C=CCC[C@H](c1c(C)cccc1Cl)N1CCNCC1.Cl.Cl. The van der Waals surface area contributed by atoms with Gasteiger partial charge < -0.3 is 5.32 Å². The van der Waals surface area contributed by atoms with Crippen molar-refractivity contribution in [2.45, 2.75) is 25.8 Å². The molecular weight excluding hydrogens is 327 g/mol. The number of allylic oxidation sites excluding steroid dienone is 1. The summed E-state index contributed by atoms with van der Waals surface area (Å²) in [6.07, 6.45) is 4.12. The van der Waals surface area contributed by atoms with E-state index in [1.807, 2.05) is 18.2 Å². The molecule has 2 rings (SSSR count). The number of nitrogens with one attached hydrogen (secondary N) is 1. The minimum Gasteiger partial charge on any atom is -0.314 e. The molecule has 0 aliphatic carbocycles. The van der Waals surface area contributed by atoms with Gasteiger partial charge in [0, 0.05) is 37.2 Å². The van der Waals surface area contributed by atoms with E-state index in [0.717, 1.165) is 44.0 Å². The summed E-state index contributed by atoms with van der Waals surface area (Å²) in [5, 5.41) is 4.31. The first kappa shape index (κ1) is 20.8. The molecule has 1 N–H and O–H groups in total. The predicted octanol–water partition coefficient (Wildman–Crippen LogP) is 4.40. The molecule has 1 saturated heterocycles. The summed E-state index contributed by atoms with van der Waals surface area (Å²) in [6, 6.07) is 6.61. The van der Waals surface area contributed by atoms with Gasteiger partial charge in [0.15, 0.2) is 0 Å². The van der Waals surface area contributed by atoms with Crippen LogP contribution in [0.25, 0.3) is 0 Å². The second-order valence-corrected chi connectivity index (χ2v) is 5.55. The summed E-state index contributed by atoms with van der Waals surface area (Å²) in [5.41, 5.74) is 2.59. The summed E-state index contributed by atoms with van der Waals surface area (Å²) in [7, 11) is 0. The zero-order valence-corrected chi connectivity index (χ0v) is 14.9. The molecule has 0 bridgehead atoms. The summed E-state index contributed by atoms with van der Waals surface area (Å²) in [4.78, 5) is 2.55. The van der Waals surface area contributed by atoms with E-state index in [-0.39, 0.29) is 24.8 Å². The van der Waals surface area contributed by atoms with Gasteiger partial charge in [-0.3, -0.25) is 4.90 Å². The maximum absolute atomic E-state index is 6.45. The Bertz CT molecular complexity index is 411. The number of piperazine rings is 1. The monoisotopic (exact) mass is 350 g/mol. The molecule has 21 heavy (non-hydrogen) atoms. The molecule has 0 spiro atoms. The number of nitrogens with zero attached hydrogens (tertiary/aromatic N) is 1. The standard InChI is InChI=1S/C16H23ClN2.2ClH/c1-3-4-8-15(19-11-9-18-10-12-19)16-13(2)6-5-7-14(16)17;;/h3,5-7,15,18H,1,4,8-12H2,2H3;2*1H/t15-;;/m1../s1. The van der Waals surface area contributed by atoms with Crippen LogP contribution in [0.4, 0.5) is 0 Å². The van der Waals surface area contributed by atoms with Gasteiger partial charge in [-0.1, -0.05) is 29.8 Å². The first-order chi connectivity index (χ1) is 9.24. The van der Waals surface area contributed by atoms with Crippen LogP contribution in [-0.4, -0.2) is 31.1 Å². The second kappa shape index (κ2) is 10.5. The summed E-state index contributed by atoms with van der Waals surface area (Å²) in [5.74, 6) is 0. The molecule has 1 aliphatic rings. The molecule has 1 aromatic rings. The van der Waals surface area contributed by atoms with Gasteiger partial charge in [-0.2, -0.15) is 0 Å². The highest BCUT2D eigenvalue weighted by Gasteiger charge is 2.24. The van der Waals surface area contributed by atoms with Crippen molar-refractivity contribution < 1.29 is 0 Å². The molecule has 1 aromatic carbocycles. The third kappa shape index (κ3) is 5.46. The second-order valence-electron chi connectivity index (χ2n) is 5.14. The summed E-state index contributed by atoms with van der Waals surface area (Å²) >= 11 is 6.45. The lowest BCUT2D eigenvalue weighted by molar-refractivity contribution is 0.166. The number of benzene rings is 1. The fourth-order valence-electron chi connectivity index (χ4n) is 2.85. The van der Waals surface area contributed by atoms with Crippen molar-refractivity contribution in [1.82, 2.24) is 10.2 Å². The maximum Gasteiger partial charge on any atom is 0.0456 e. The van der Waals surface area contributed by atoms with Gasteiger partial charge in [0.2, 0.25) is 0 Å². The smallest absolute Gasteiger partial charge is 0.0456 e. The van der Waals surface area contributed by atoms with Crippen molar-refractivity contribution in [1.29, 1.82) is 0 Å². The van der Waals surface area contributed by atoms with Crippen molar-refractivity contribution in [2.75, 3.05) is 26.2 Å². The van der Waals surface area contributed by atoms with E-state index in [4.69, 9.17) is 11.6 Å². The Labute approximate surface area is 145 Å². The molecule has 0 saturated carbocycles. The molecule has 0 unspecified atom stereocenters. The Morgan fingerprint density at radius 1 is 1.33 bits per heavy atom. The van der Waals surface area contributed by atoms with Crippen LogP contribution in [0.5, 0.6) is 0 Å². The van der Waals surface area contributed by atoms with Crippen LogP contribution in [0, 0.1) is 6.92 Å². The molecule has 0 radical (unpaired) electrons. The number of hydrogen-bond acceptors (Lipinski definition) is 2. The van der Waals surface area contributed by atoms with E-state index >= 15 is 0 Å². The summed E-state index contributed by atoms with van der Waals surface area (Å²) < 4.78 is 0. The van der Waals surface area contributed by atoms with E-state index in [1.54, 1.807) is 0 Å². The van der Waals surface area contributed by atoms with Gasteiger partial charge in [-0.05, 0) is 37.0 Å². The third-order valence-electron chi connectivity index (χ3n) is 3.84. The Morgan fingerprint density at radius 2 is 2.00 bits per heavy atom. The van der Waals surface area contributed by atoms with E-state index in [9.17, 15) is 0 Å². The number of halogens is 3. The molecule has 2 nitrogen and oxygen atoms in total. The third-order valence-corrected chi connectivity index (χ3v) is 4.17. The number of aryl methyl sites for hydroxylation is 1. The number of rotatable bonds is 5. The average Bonchev–Trinajstić information content (AvgIpc) is 2.43. The van der Waals surface area contributed by atoms with E-state index in [0.29, 0.717) is 6.04 Å². The lowest BCUT2D eigenvalue weighted by atomic mass is 9.95. The Balaban J connectivity index is 0.00000200. The van der Waals surface area contributed by atoms with Crippen LogP contribution in [0.3, 0.4) is 0 Å². The van der Waals surface area contributed by atoms with Crippen LogP contribution in [-0.2, 0) is 0 Å². The minimum absolute atomic E-state index is 0. The topological polar surface area (TPSA) is 15.3 Å². The fraction of sp³-hybridized carbons (Fsp3) is 0.500. The zero-order chi connectivity index (χ0) is 13.7. The highest BCUT2D eigenvalue weighted by molar-refractivity contribution is 6.31. The molecule has 1 aliphatic heterocycles. The minimum atomic E-state index is 0. The number of hydrogen-bond donors (Lipinski definition) is 1. The highest BCUT2D eigenvalue weighted by atomic mass is 35.5. The molecule has 1 atom stereocenters. The molecule has 0 aromatic heterocycles. The van der Waals surface area contributed by atoms with E-state index in [2.05, 4.69) is 29.8 Å². The van der Waals surface area contributed by atoms with Crippen molar-refractivity contribution >= 4 is 36.4 Å². The first-order valence-corrected chi connectivity index (χ1v) is 7.42. The van der Waals surface area contributed by atoms with Gasteiger partial charge in [-0.25, -0.2) is 0 Å². The van der Waals surface area contributed by atoms with Gasteiger partial charge in [-0.15, -0.1) is 31.4 Å². The van der Waals surface area contributed by atoms with Gasteiger partial charge >= 0.3 is 0 Å². The molecule has 5 heteroatoms. The van der Waals surface area contributed by atoms with Crippen molar-refractivity contribution in [3.63, 3.8) is 0 Å². The largest absolute Gasteiger partial charge is 0.314 e. The van der Waals surface area contributed by atoms with Gasteiger partial charge in [0.1, 0.15) is 0 Å². The Kier molecular flexibility index (Phi) is 10.3. The maximum atomic E-state index is 6.45. The van der Waals surface area contributed by atoms with Crippen molar-refractivity contribution in [3.8, 4) is 0 Å². The molecular formula is C16H25Cl3N2. The van der Waals surface area contributed by atoms with Crippen LogP contribution in [0.2, 0.25) is 5.02 Å². The summed E-state index contributed by atoms with van der Waals surface area (Å²) in [6.45, 7) is 10.3. The Hall–Kier alpha value is -0.250. The lowest BCUT2D eigenvalue weighted by Crippen LogP contribution is -2.45. The van der Waals surface area contributed by atoms with Crippen molar-refractivity contribution in [2.24, 2.45) is 0 Å². The van der Waals surface area contributed by atoms with Crippen LogP contribution < -0.4 is 5.32 Å². The van der Waals surface area contributed by atoms with Crippen molar-refractivity contribution in [3.05, 3.63) is 47.0 Å². The average molecular weight is 352 g/mol. The fourth-order valence-corrected chi connectivity index (χ4v) is 3.19. The zero-order valence-electron chi connectivity index (χ0n) is 12.5. The first-order valence-electron chi connectivity index (χ1n) is 7.04. The highest BCUT2D eigenvalue weighted by Crippen LogP contribution is 2.33. The quantitative estimate of drug-likeness (QED) is 0.791. The van der Waals surface area contributed by atoms with E-state index < -0.39 is 0 Å². The van der Waals surface area contributed by atoms with E-state index in [1.165, 1.54) is 11.1 Å². The molecule has 120 valence electrons. The van der Waals surface area contributed by atoms with Gasteiger partial charge in [0.05, 0.1) is 0 Å². The van der Waals surface area contributed by atoms with Crippen LogP contribution in [0.15, 0.2) is 30.9 Å². The van der Waals surface area contributed by atoms with Crippen LogP contribution >= 0.6 is 36.4 Å². The van der Waals surface area contributed by atoms with Gasteiger partial charge in [0.25, 0.3) is 0 Å².